The second kappa shape index (κ2) is 7.36. The van der Waals surface area contributed by atoms with Gasteiger partial charge in [-0.2, -0.15) is 0 Å². The summed E-state index contributed by atoms with van der Waals surface area (Å²) >= 11 is 0. The number of ether oxygens (including phenoxy) is 1. The van der Waals surface area contributed by atoms with Crippen LogP contribution in [0.3, 0.4) is 0 Å². The Labute approximate surface area is 120 Å². The van der Waals surface area contributed by atoms with Gasteiger partial charge in [0.15, 0.2) is 0 Å². The van der Waals surface area contributed by atoms with Gasteiger partial charge in [0, 0.05) is 24.3 Å². The molecule has 0 spiro atoms. The number of hydrogen-bond donors (Lipinski definition) is 0. The van der Waals surface area contributed by atoms with Crippen LogP contribution in [0.25, 0.3) is 0 Å². The fraction of sp³-hybridized carbons (Fsp3) is 0.688. The molecule has 1 fully saturated rings. The average molecular weight is 280 g/mol. The molecule has 1 aliphatic carbocycles. The van der Waals surface area contributed by atoms with Crippen molar-refractivity contribution in [3.8, 4) is 0 Å². The van der Waals surface area contributed by atoms with Crippen LogP contribution < -0.4 is 0 Å². The van der Waals surface area contributed by atoms with Crippen LogP contribution in [0.5, 0.6) is 0 Å². The van der Waals surface area contributed by atoms with Crippen molar-refractivity contribution in [1.82, 2.24) is 0 Å². The van der Waals surface area contributed by atoms with Gasteiger partial charge in [0.2, 0.25) is 0 Å². The molecule has 0 amide bonds. The van der Waals surface area contributed by atoms with Gasteiger partial charge < -0.3 is 9.53 Å². The van der Waals surface area contributed by atoms with Crippen LogP contribution in [-0.4, -0.2) is 24.6 Å². The third kappa shape index (κ3) is 4.29. The van der Waals surface area contributed by atoms with Crippen molar-refractivity contribution in [2.24, 2.45) is 17.8 Å². The summed E-state index contributed by atoms with van der Waals surface area (Å²) in [6.07, 6.45) is 3.05. The summed E-state index contributed by atoms with van der Waals surface area (Å²) in [6, 6.07) is 0. The summed E-state index contributed by atoms with van der Waals surface area (Å²) in [5.74, 6) is -0.125. The summed E-state index contributed by atoms with van der Waals surface area (Å²) in [4.78, 5) is 35.0. The lowest BCUT2D eigenvalue weighted by Gasteiger charge is -2.19. The van der Waals surface area contributed by atoms with Gasteiger partial charge in [-0.15, -0.1) is 0 Å². The van der Waals surface area contributed by atoms with E-state index in [0.717, 1.165) is 12.8 Å². The fourth-order valence-electron chi connectivity index (χ4n) is 2.88. The second-order valence-corrected chi connectivity index (χ2v) is 5.79. The molecule has 112 valence electrons. The molecule has 0 aliphatic heterocycles. The molecule has 3 atom stereocenters. The highest BCUT2D eigenvalue weighted by atomic mass is 16.5. The fourth-order valence-corrected chi connectivity index (χ4v) is 2.88. The Balaban J connectivity index is 2.73. The Morgan fingerprint density at radius 3 is 2.55 bits per heavy atom. The number of carbonyl (C=O) groups is 3. The molecule has 0 aromatic rings. The van der Waals surface area contributed by atoms with Gasteiger partial charge >= 0.3 is 5.97 Å². The van der Waals surface area contributed by atoms with Crippen LogP contribution >= 0.6 is 0 Å². The smallest absolute Gasteiger partial charge is 0.333 e. The molecule has 1 rings (SSSR count). The van der Waals surface area contributed by atoms with Crippen LogP contribution in [-0.2, 0) is 19.1 Å². The first kappa shape index (κ1) is 16.6. The normalized spacial score (nSPS) is 26.8. The number of carbonyl (C=O) groups excluding carboxylic acids is 3. The van der Waals surface area contributed by atoms with Crippen molar-refractivity contribution >= 4 is 17.5 Å². The minimum Gasteiger partial charge on any atom is -0.466 e. The van der Waals surface area contributed by atoms with Crippen LogP contribution in [0.15, 0.2) is 12.2 Å². The Morgan fingerprint density at radius 1 is 1.35 bits per heavy atom. The van der Waals surface area contributed by atoms with Crippen molar-refractivity contribution in [3.05, 3.63) is 12.2 Å². The SMILES string of the molecule is C=C(C(=O)OC)C1CCC(C)C(CCC(C)=O)C(=O)C1. The first-order chi connectivity index (χ1) is 9.36. The molecule has 0 N–H and O–H groups in total. The molecule has 0 radical (unpaired) electrons. The molecule has 3 unspecified atom stereocenters. The number of ketones is 2. The molecule has 0 heterocycles. The molecule has 1 aliphatic rings. The first-order valence-corrected chi connectivity index (χ1v) is 7.16. The second-order valence-electron chi connectivity index (χ2n) is 5.79. The van der Waals surface area contributed by atoms with Crippen molar-refractivity contribution in [2.75, 3.05) is 7.11 Å². The first-order valence-electron chi connectivity index (χ1n) is 7.16. The highest BCUT2D eigenvalue weighted by molar-refractivity contribution is 5.90. The third-order valence-electron chi connectivity index (χ3n) is 4.27. The molecule has 20 heavy (non-hydrogen) atoms. The van der Waals surface area contributed by atoms with Crippen molar-refractivity contribution < 1.29 is 19.1 Å². The maximum Gasteiger partial charge on any atom is 0.333 e. The Morgan fingerprint density at radius 2 is 2.00 bits per heavy atom. The highest BCUT2D eigenvalue weighted by Gasteiger charge is 2.33. The topological polar surface area (TPSA) is 60.4 Å². The lowest BCUT2D eigenvalue weighted by molar-refractivity contribution is -0.136. The van der Waals surface area contributed by atoms with Crippen LogP contribution in [0, 0.1) is 17.8 Å². The van der Waals surface area contributed by atoms with Gasteiger partial charge in [0.1, 0.15) is 11.6 Å². The lowest BCUT2D eigenvalue weighted by atomic mass is 9.84. The quantitative estimate of drug-likeness (QED) is 0.441. The Bertz CT molecular complexity index is 411. The van der Waals surface area contributed by atoms with Gasteiger partial charge in [-0.25, -0.2) is 4.79 Å². The van der Waals surface area contributed by atoms with E-state index in [1.807, 2.05) is 6.92 Å². The van der Waals surface area contributed by atoms with E-state index in [2.05, 4.69) is 11.3 Å². The summed E-state index contributed by atoms with van der Waals surface area (Å²) < 4.78 is 4.68. The maximum absolute atomic E-state index is 12.4. The molecular weight excluding hydrogens is 256 g/mol. The van der Waals surface area contributed by atoms with E-state index in [1.54, 1.807) is 6.92 Å². The number of rotatable bonds is 5. The molecule has 4 heteroatoms. The van der Waals surface area contributed by atoms with Crippen molar-refractivity contribution in [1.29, 1.82) is 0 Å². The van der Waals surface area contributed by atoms with E-state index in [-0.39, 0.29) is 29.3 Å². The van der Waals surface area contributed by atoms with Gasteiger partial charge in [-0.05, 0) is 38.0 Å². The minimum atomic E-state index is -0.433. The Hall–Kier alpha value is -1.45. The Kier molecular flexibility index (Phi) is 6.11. The van der Waals surface area contributed by atoms with E-state index >= 15 is 0 Å². The van der Waals surface area contributed by atoms with Gasteiger partial charge in [0.05, 0.1) is 7.11 Å². The van der Waals surface area contributed by atoms with Crippen molar-refractivity contribution in [3.63, 3.8) is 0 Å². The predicted molar refractivity (Wildman–Crippen MR) is 76.1 cm³/mol. The molecular formula is C16H24O4. The number of methoxy groups -OCH3 is 1. The lowest BCUT2D eigenvalue weighted by Crippen LogP contribution is -2.22. The number of Topliss-reactive ketones (excluding diaryl/α,β-unsaturated/α-hetero) is 2. The third-order valence-corrected chi connectivity index (χ3v) is 4.27. The monoisotopic (exact) mass is 280 g/mol. The van der Waals surface area contributed by atoms with Gasteiger partial charge in [-0.1, -0.05) is 13.5 Å². The van der Waals surface area contributed by atoms with Crippen molar-refractivity contribution in [2.45, 2.75) is 46.0 Å². The zero-order valence-corrected chi connectivity index (χ0v) is 12.6. The van der Waals surface area contributed by atoms with Gasteiger partial charge in [-0.3, -0.25) is 4.79 Å². The van der Waals surface area contributed by atoms with Crippen LogP contribution in [0.2, 0.25) is 0 Å². The zero-order valence-electron chi connectivity index (χ0n) is 12.6. The molecule has 4 nitrogen and oxygen atoms in total. The van der Waals surface area contributed by atoms with E-state index in [4.69, 9.17) is 0 Å². The van der Waals surface area contributed by atoms with E-state index in [9.17, 15) is 14.4 Å². The van der Waals surface area contributed by atoms with Crippen LogP contribution in [0.4, 0.5) is 0 Å². The van der Waals surface area contributed by atoms with E-state index < -0.39 is 5.97 Å². The molecule has 0 aromatic heterocycles. The highest BCUT2D eigenvalue weighted by Crippen LogP contribution is 2.35. The predicted octanol–water partition coefficient (Wildman–Crippen LogP) is 2.71. The summed E-state index contributed by atoms with van der Waals surface area (Å²) in [5, 5.41) is 0. The van der Waals surface area contributed by atoms with E-state index in [1.165, 1.54) is 7.11 Å². The summed E-state index contributed by atoms with van der Waals surface area (Å²) in [5.41, 5.74) is 0.389. The minimum absolute atomic E-state index is 0.0747. The van der Waals surface area contributed by atoms with E-state index in [0.29, 0.717) is 24.8 Å². The number of hydrogen-bond acceptors (Lipinski definition) is 4. The van der Waals surface area contributed by atoms with Crippen LogP contribution in [0.1, 0.15) is 46.0 Å². The summed E-state index contributed by atoms with van der Waals surface area (Å²) in [7, 11) is 1.32. The number of esters is 1. The standard InChI is InChI=1S/C16H24O4/c1-10-5-7-13(12(3)16(19)20-4)9-15(18)14(10)8-6-11(2)17/h10,13-14H,3,5-9H2,1-2,4H3. The largest absolute Gasteiger partial charge is 0.466 e. The average Bonchev–Trinajstić information content (AvgIpc) is 2.54. The van der Waals surface area contributed by atoms with Gasteiger partial charge in [0.25, 0.3) is 0 Å². The molecule has 0 saturated heterocycles. The summed E-state index contributed by atoms with van der Waals surface area (Å²) in [6.45, 7) is 7.37. The molecule has 0 bridgehead atoms. The maximum atomic E-state index is 12.4. The zero-order chi connectivity index (χ0) is 15.3. The molecule has 0 aromatic carbocycles. The molecule has 1 saturated carbocycles.